The van der Waals surface area contributed by atoms with Gasteiger partial charge in [-0.05, 0) is 19.1 Å². The van der Waals surface area contributed by atoms with Gasteiger partial charge in [0.15, 0.2) is 0 Å². The monoisotopic (exact) mass is 284 g/mol. The number of methoxy groups -OCH3 is 1. The van der Waals surface area contributed by atoms with Gasteiger partial charge in [-0.15, -0.1) is 0 Å². The molecule has 0 bridgehead atoms. The molecule has 108 valence electrons. The fourth-order valence-corrected chi connectivity index (χ4v) is 1.82. The lowest BCUT2D eigenvalue weighted by Crippen LogP contribution is -2.39. The van der Waals surface area contributed by atoms with E-state index in [0.717, 1.165) is 11.3 Å². The predicted molar refractivity (Wildman–Crippen MR) is 78.6 cm³/mol. The Balaban J connectivity index is 2.09. The molecule has 0 unspecified atom stereocenters. The number of amides is 1. The highest BCUT2D eigenvalue weighted by molar-refractivity contribution is 5.96. The van der Waals surface area contributed by atoms with Gasteiger partial charge in [-0.3, -0.25) is 9.78 Å². The van der Waals surface area contributed by atoms with Gasteiger partial charge in [0.25, 0.3) is 5.91 Å². The Morgan fingerprint density at radius 1 is 1.14 bits per heavy atom. The maximum Gasteiger partial charge on any atom is 0.328 e. The Bertz CT molecular complexity index is 624. The topological polar surface area (TPSA) is 68.3 Å². The SMILES string of the molecule is COC(=O)[C@H](C)NC(=O)c1ccc(-c2ccccc2)nc1. The quantitative estimate of drug-likeness (QED) is 0.872. The van der Waals surface area contributed by atoms with Crippen LogP contribution in [0.4, 0.5) is 0 Å². The van der Waals surface area contributed by atoms with E-state index in [9.17, 15) is 9.59 Å². The van der Waals surface area contributed by atoms with Gasteiger partial charge in [-0.2, -0.15) is 0 Å². The molecule has 2 rings (SSSR count). The zero-order valence-corrected chi connectivity index (χ0v) is 11.9. The van der Waals surface area contributed by atoms with Crippen molar-refractivity contribution in [2.24, 2.45) is 0 Å². The second kappa shape index (κ2) is 6.65. The maximum atomic E-state index is 12.0. The maximum absolute atomic E-state index is 12.0. The van der Waals surface area contributed by atoms with Crippen LogP contribution >= 0.6 is 0 Å². The van der Waals surface area contributed by atoms with Crippen LogP contribution in [-0.2, 0) is 9.53 Å². The van der Waals surface area contributed by atoms with Crippen molar-refractivity contribution < 1.29 is 14.3 Å². The van der Waals surface area contributed by atoms with Gasteiger partial charge in [-0.25, -0.2) is 4.79 Å². The zero-order chi connectivity index (χ0) is 15.2. The van der Waals surface area contributed by atoms with Gasteiger partial charge in [0.1, 0.15) is 6.04 Å². The minimum Gasteiger partial charge on any atom is -0.467 e. The summed E-state index contributed by atoms with van der Waals surface area (Å²) >= 11 is 0. The van der Waals surface area contributed by atoms with Crippen molar-refractivity contribution in [3.63, 3.8) is 0 Å². The molecule has 0 fully saturated rings. The number of hydrogen-bond donors (Lipinski definition) is 1. The van der Waals surface area contributed by atoms with Crippen LogP contribution in [0.1, 0.15) is 17.3 Å². The van der Waals surface area contributed by atoms with Crippen molar-refractivity contribution in [3.05, 3.63) is 54.2 Å². The summed E-state index contributed by atoms with van der Waals surface area (Å²) in [5.41, 5.74) is 2.16. The minimum absolute atomic E-state index is 0.361. The van der Waals surface area contributed by atoms with E-state index in [0.29, 0.717) is 5.56 Å². The number of ether oxygens (including phenoxy) is 1. The average Bonchev–Trinajstić information content (AvgIpc) is 2.55. The fraction of sp³-hybridized carbons (Fsp3) is 0.188. The molecule has 1 atom stereocenters. The number of esters is 1. The lowest BCUT2D eigenvalue weighted by atomic mass is 10.1. The largest absolute Gasteiger partial charge is 0.467 e. The molecular weight excluding hydrogens is 268 g/mol. The van der Waals surface area contributed by atoms with Gasteiger partial charge in [0.05, 0.1) is 18.4 Å². The van der Waals surface area contributed by atoms with Gasteiger partial charge in [0.2, 0.25) is 0 Å². The summed E-state index contributed by atoms with van der Waals surface area (Å²) in [6.45, 7) is 1.56. The zero-order valence-electron chi connectivity index (χ0n) is 11.9. The lowest BCUT2D eigenvalue weighted by Gasteiger charge is -2.11. The van der Waals surface area contributed by atoms with Crippen molar-refractivity contribution in [3.8, 4) is 11.3 Å². The Morgan fingerprint density at radius 2 is 1.86 bits per heavy atom. The number of pyridine rings is 1. The molecule has 0 radical (unpaired) electrons. The second-order valence-electron chi connectivity index (χ2n) is 4.52. The highest BCUT2D eigenvalue weighted by Gasteiger charge is 2.17. The fourth-order valence-electron chi connectivity index (χ4n) is 1.82. The van der Waals surface area contributed by atoms with Gasteiger partial charge in [0, 0.05) is 11.8 Å². The van der Waals surface area contributed by atoms with Crippen molar-refractivity contribution in [1.29, 1.82) is 0 Å². The number of hydrogen-bond acceptors (Lipinski definition) is 4. The molecule has 1 heterocycles. The number of carbonyl (C=O) groups is 2. The van der Waals surface area contributed by atoms with E-state index < -0.39 is 12.0 Å². The van der Waals surface area contributed by atoms with E-state index in [1.807, 2.05) is 30.3 Å². The van der Waals surface area contributed by atoms with Crippen LogP contribution in [0.15, 0.2) is 48.7 Å². The van der Waals surface area contributed by atoms with Crippen LogP contribution in [0, 0.1) is 0 Å². The summed E-state index contributed by atoms with van der Waals surface area (Å²) < 4.78 is 4.56. The van der Waals surface area contributed by atoms with Crippen LogP contribution < -0.4 is 5.32 Å². The number of nitrogens with zero attached hydrogens (tertiary/aromatic N) is 1. The predicted octanol–water partition coefficient (Wildman–Crippen LogP) is 2.04. The van der Waals surface area contributed by atoms with Gasteiger partial charge >= 0.3 is 5.97 Å². The molecule has 1 amide bonds. The normalized spacial score (nSPS) is 11.5. The van der Waals surface area contributed by atoms with Crippen LogP contribution in [-0.4, -0.2) is 30.0 Å². The lowest BCUT2D eigenvalue weighted by molar-refractivity contribution is -0.142. The molecule has 1 N–H and O–H groups in total. The molecule has 0 aliphatic heterocycles. The van der Waals surface area contributed by atoms with Crippen LogP contribution in [0.2, 0.25) is 0 Å². The molecule has 1 aromatic carbocycles. The van der Waals surface area contributed by atoms with Gasteiger partial charge in [-0.1, -0.05) is 30.3 Å². The molecular formula is C16H16N2O3. The third-order valence-corrected chi connectivity index (χ3v) is 3.00. The summed E-state index contributed by atoms with van der Waals surface area (Å²) in [6, 6.07) is 12.4. The molecule has 2 aromatic rings. The van der Waals surface area contributed by atoms with Crippen LogP contribution in [0.25, 0.3) is 11.3 Å². The second-order valence-corrected chi connectivity index (χ2v) is 4.52. The summed E-state index contributed by atoms with van der Waals surface area (Å²) in [5, 5.41) is 2.55. The standard InChI is InChI=1S/C16H16N2O3/c1-11(16(20)21-2)18-15(19)13-8-9-14(17-10-13)12-6-4-3-5-7-12/h3-11H,1-2H3,(H,18,19)/t11-/m0/s1. The molecule has 0 aliphatic rings. The first kappa shape index (κ1) is 14.7. The molecule has 0 saturated carbocycles. The average molecular weight is 284 g/mol. The van der Waals surface area contributed by atoms with E-state index in [1.54, 1.807) is 19.1 Å². The number of carbonyl (C=O) groups excluding carboxylic acids is 2. The Kier molecular flexibility index (Phi) is 4.66. The third kappa shape index (κ3) is 3.66. The van der Waals surface area contributed by atoms with Crippen LogP contribution in [0.5, 0.6) is 0 Å². The molecule has 1 aromatic heterocycles. The van der Waals surface area contributed by atoms with Gasteiger partial charge < -0.3 is 10.1 Å². The molecule has 0 aliphatic carbocycles. The summed E-state index contributed by atoms with van der Waals surface area (Å²) in [4.78, 5) is 27.5. The molecule has 0 spiro atoms. The van der Waals surface area contributed by atoms with E-state index in [2.05, 4.69) is 15.0 Å². The minimum atomic E-state index is -0.698. The van der Waals surface area contributed by atoms with Crippen molar-refractivity contribution in [2.45, 2.75) is 13.0 Å². The number of nitrogens with one attached hydrogen (secondary N) is 1. The highest BCUT2D eigenvalue weighted by Crippen LogP contribution is 2.16. The summed E-state index contributed by atoms with van der Waals surface area (Å²) in [5.74, 6) is -0.850. The molecule has 5 nitrogen and oxygen atoms in total. The van der Waals surface area contributed by atoms with E-state index in [-0.39, 0.29) is 5.91 Å². The van der Waals surface area contributed by atoms with E-state index in [1.165, 1.54) is 13.3 Å². The van der Waals surface area contributed by atoms with E-state index >= 15 is 0 Å². The van der Waals surface area contributed by atoms with Crippen LogP contribution in [0.3, 0.4) is 0 Å². The highest BCUT2D eigenvalue weighted by atomic mass is 16.5. The first-order chi connectivity index (χ1) is 10.1. The van der Waals surface area contributed by atoms with E-state index in [4.69, 9.17) is 0 Å². The molecule has 21 heavy (non-hydrogen) atoms. The smallest absolute Gasteiger partial charge is 0.328 e. The number of benzene rings is 1. The first-order valence-corrected chi connectivity index (χ1v) is 6.52. The summed E-state index contributed by atoms with van der Waals surface area (Å²) in [6.07, 6.45) is 1.49. The number of aromatic nitrogens is 1. The molecule has 5 heteroatoms. The summed E-state index contributed by atoms with van der Waals surface area (Å²) in [7, 11) is 1.28. The Morgan fingerprint density at radius 3 is 2.43 bits per heavy atom. The first-order valence-electron chi connectivity index (χ1n) is 6.52. The Hall–Kier alpha value is -2.69. The third-order valence-electron chi connectivity index (χ3n) is 3.00. The molecule has 0 saturated heterocycles. The van der Waals surface area contributed by atoms with Crippen molar-refractivity contribution >= 4 is 11.9 Å². The van der Waals surface area contributed by atoms with Crippen molar-refractivity contribution in [2.75, 3.05) is 7.11 Å². The number of rotatable bonds is 4. The van der Waals surface area contributed by atoms with Crippen molar-refractivity contribution in [1.82, 2.24) is 10.3 Å². The Labute approximate surface area is 123 Å².